The molecule has 0 saturated carbocycles. The molecular formula is C11H15BrN2OS. The van der Waals surface area contributed by atoms with Crippen LogP contribution in [-0.4, -0.2) is 36.5 Å². The fourth-order valence-electron chi connectivity index (χ4n) is 1.91. The highest BCUT2D eigenvalue weighted by atomic mass is 79.9. The Morgan fingerprint density at radius 2 is 2.50 bits per heavy atom. The van der Waals surface area contributed by atoms with E-state index in [9.17, 15) is 4.79 Å². The van der Waals surface area contributed by atoms with Gasteiger partial charge in [-0.15, -0.1) is 11.3 Å². The number of carbonyl (C=O) groups is 1. The van der Waals surface area contributed by atoms with Gasteiger partial charge in [0.2, 0.25) is 5.91 Å². The number of halogens is 1. The highest BCUT2D eigenvalue weighted by molar-refractivity contribution is 9.11. The predicted octanol–water partition coefficient (Wildman–Crippen LogP) is 1.87. The van der Waals surface area contributed by atoms with Gasteiger partial charge in [-0.25, -0.2) is 0 Å². The van der Waals surface area contributed by atoms with Gasteiger partial charge >= 0.3 is 0 Å². The van der Waals surface area contributed by atoms with E-state index in [-0.39, 0.29) is 5.91 Å². The number of nitrogens with zero attached hydrogens (tertiary/aromatic N) is 1. The van der Waals surface area contributed by atoms with Gasteiger partial charge in [0.15, 0.2) is 0 Å². The van der Waals surface area contributed by atoms with E-state index < -0.39 is 0 Å². The van der Waals surface area contributed by atoms with Gasteiger partial charge in [0.25, 0.3) is 0 Å². The van der Waals surface area contributed by atoms with Crippen LogP contribution in [-0.2, 0) is 11.2 Å². The SMILES string of the molecule is CC1CNCCN1C(=O)Cc1ccc(Br)s1. The topological polar surface area (TPSA) is 32.3 Å². The summed E-state index contributed by atoms with van der Waals surface area (Å²) in [7, 11) is 0. The second kappa shape index (κ2) is 5.29. The van der Waals surface area contributed by atoms with Crippen LogP contribution in [0.25, 0.3) is 0 Å². The van der Waals surface area contributed by atoms with E-state index in [1.807, 2.05) is 17.0 Å². The van der Waals surface area contributed by atoms with Crippen molar-refractivity contribution in [3.05, 3.63) is 20.8 Å². The summed E-state index contributed by atoms with van der Waals surface area (Å²) in [6, 6.07) is 4.32. The van der Waals surface area contributed by atoms with Gasteiger partial charge < -0.3 is 10.2 Å². The average molecular weight is 303 g/mol. The molecule has 88 valence electrons. The quantitative estimate of drug-likeness (QED) is 0.905. The van der Waals surface area contributed by atoms with Crippen LogP contribution in [0.5, 0.6) is 0 Å². The molecule has 1 saturated heterocycles. The summed E-state index contributed by atoms with van der Waals surface area (Å²) in [5.41, 5.74) is 0. The molecule has 1 unspecified atom stereocenters. The lowest BCUT2D eigenvalue weighted by Crippen LogP contribution is -2.52. The normalized spacial score (nSPS) is 21.1. The van der Waals surface area contributed by atoms with Crippen molar-refractivity contribution in [1.29, 1.82) is 0 Å². The minimum Gasteiger partial charge on any atom is -0.337 e. The van der Waals surface area contributed by atoms with Crippen LogP contribution < -0.4 is 5.32 Å². The van der Waals surface area contributed by atoms with E-state index in [0.717, 1.165) is 28.3 Å². The molecule has 1 aliphatic rings. The number of piperazine rings is 1. The van der Waals surface area contributed by atoms with Crippen LogP contribution in [0, 0.1) is 0 Å². The maximum Gasteiger partial charge on any atom is 0.228 e. The number of carbonyl (C=O) groups excluding carboxylic acids is 1. The molecule has 2 rings (SSSR count). The van der Waals surface area contributed by atoms with Crippen LogP contribution in [0.1, 0.15) is 11.8 Å². The van der Waals surface area contributed by atoms with Crippen LogP contribution in [0.15, 0.2) is 15.9 Å². The summed E-state index contributed by atoms with van der Waals surface area (Å²) >= 11 is 5.05. The molecule has 1 atom stereocenters. The summed E-state index contributed by atoms with van der Waals surface area (Å²) in [4.78, 5) is 15.2. The van der Waals surface area contributed by atoms with E-state index in [0.29, 0.717) is 12.5 Å². The van der Waals surface area contributed by atoms with Crippen molar-refractivity contribution in [2.45, 2.75) is 19.4 Å². The zero-order valence-corrected chi connectivity index (χ0v) is 11.6. The number of rotatable bonds is 2. The molecule has 1 aromatic rings. The first kappa shape index (κ1) is 12.1. The summed E-state index contributed by atoms with van der Waals surface area (Å²) in [6.07, 6.45) is 0.528. The lowest BCUT2D eigenvalue weighted by molar-refractivity contribution is -0.133. The molecule has 1 fully saturated rings. The number of thiophene rings is 1. The smallest absolute Gasteiger partial charge is 0.228 e. The first-order valence-corrected chi connectivity index (χ1v) is 7.02. The second-order valence-electron chi connectivity index (χ2n) is 4.02. The average Bonchev–Trinajstić information content (AvgIpc) is 2.64. The monoisotopic (exact) mass is 302 g/mol. The van der Waals surface area contributed by atoms with Gasteiger partial charge in [0.1, 0.15) is 0 Å². The molecule has 1 aromatic heterocycles. The van der Waals surface area contributed by atoms with E-state index >= 15 is 0 Å². The Labute approximate surface area is 108 Å². The Bertz CT molecular complexity index is 380. The maximum atomic E-state index is 12.1. The molecule has 0 spiro atoms. The van der Waals surface area contributed by atoms with Crippen LogP contribution in [0.4, 0.5) is 0 Å². The molecule has 3 nitrogen and oxygen atoms in total. The number of amides is 1. The van der Waals surface area contributed by atoms with E-state index in [2.05, 4.69) is 28.2 Å². The highest BCUT2D eigenvalue weighted by Gasteiger charge is 2.23. The van der Waals surface area contributed by atoms with Crippen LogP contribution in [0.3, 0.4) is 0 Å². The Morgan fingerprint density at radius 1 is 1.69 bits per heavy atom. The second-order valence-corrected chi connectivity index (χ2v) is 6.57. The van der Waals surface area contributed by atoms with Crippen molar-refractivity contribution >= 4 is 33.2 Å². The van der Waals surface area contributed by atoms with Crippen LogP contribution >= 0.6 is 27.3 Å². The molecule has 0 radical (unpaired) electrons. The predicted molar refractivity (Wildman–Crippen MR) is 69.8 cm³/mol. The van der Waals surface area contributed by atoms with Crippen molar-refractivity contribution in [2.24, 2.45) is 0 Å². The summed E-state index contributed by atoms with van der Waals surface area (Å²) in [6.45, 7) is 4.73. The fraction of sp³-hybridized carbons (Fsp3) is 0.545. The zero-order valence-electron chi connectivity index (χ0n) is 9.20. The molecule has 5 heteroatoms. The molecule has 1 aliphatic heterocycles. The molecule has 0 aliphatic carbocycles. The zero-order chi connectivity index (χ0) is 11.5. The third kappa shape index (κ3) is 2.84. The van der Waals surface area contributed by atoms with Gasteiger partial charge in [-0.05, 0) is 35.0 Å². The molecule has 2 heterocycles. The minimum atomic E-state index is 0.239. The van der Waals surface area contributed by atoms with Crippen molar-refractivity contribution in [3.63, 3.8) is 0 Å². The Morgan fingerprint density at radius 3 is 3.12 bits per heavy atom. The first-order chi connectivity index (χ1) is 7.66. The number of nitrogens with one attached hydrogen (secondary N) is 1. The van der Waals surface area contributed by atoms with Gasteiger partial charge in [-0.1, -0.05) is 0 Å². The standard InChI is InChI=1S/C11H15BrN2OS/c1-8-7-13-4-5-14(8)11(15)6-9-2-3-10(12)16-9/h2-3,8,13H,4-7H2,1H3. The number of hydrogen-bond acceptors (Lipinski definition) is 3. The Hall–Kier alpha value is -0.390. The third-order valence-electron chi connectivity index (χ3n) is 2.78. The van der Waals surface area contributed by atoms with Crippen molar-refractivity contribution in [2.75, 3.05) is 19.6 Å². The summed E-state index contributed by atoms with van der Waals surface area (Å²) in [5.74, 6) is 0.239. The maximum absolute atomic E-state index is 12.1. The Balaban J connectivity index is 1.96. The van der Waals surface area contributed by atoms with Gasteiger partial charge in [0.05, 0.1) is 10.2 Å². The lowest BCUT2D eigenvalue weighted by atomic mass is 10.2. The Kier molecular flexibility index (Phi) is 4.00. The lowest BCUT2D eigenvalue weighted by Gasteiger charge is -2.34. The van der Waals surface area contributed by atoms with Gasteiger partial charge in [-0.3, -0.25) is 4.79 Å². The largest absolute Gasteiger partial charge is 0.337 e. The van der Waals surface area contributed by atoms with E-state index in [1.165, 1.54) is 0 Å². The fourth-order valence-corrected chi connectivity index (χ4v) is 3.38. The van der Waals surface area contributed by atoms with Crippen molar-refractivity contribution < 1.29 is 4.79 Å². The molecule has 1 amide bonds. The van der Waals surface area contributed by atoms with E-state index in [4.69, 9.17) is 0 Å². The summed E-state index contributed by atoms with van der Waals surface area (Å²) in [5, 5.41) is 3.29. The number of hydrogen-bond donors (Lipinski definition) is 1. The van der Waals surface area contributed by atoms with Crippen molar-refractivity contribution in [1.82, 2.24) is 10.2 Å². The van der Waals surface area contributed by atoms with Gasteiger partial charge in [0, 0.05) is 30.6 Å². The van der Waals surface area contributed by atoms with Crippen molar-refractivity contribution in [3.8, 4) is 0 Å². The van der Waals surface area contributed by atoms with E-state index in [1.54, 1.807) is 11.3 Å². The van der Waals surface area contributed by atoms with Gasteiger partial charge in [-0.2, -0.15) is 0 Å². The molecule has 0 bridgehead atoms. The minimum absolute atomic E-state index is 0.239. The molecule has 16 heavy (non-hydrogen) atoms. The molecule has 1 N–H and O–H groups in total. The third-order valence-corrected chi connectivity index (χ3v) is 4.40. The molecule has 0 aromatic carbocycles. The highest BCUT2D eigenvalue weighted by Crippen LogP contribution is 2.23. The first-order valence-electron chi connectivity index (χ1n) is 5.41. The summed E-state index contributed by atoms with van der Waals surface area (Å²) < 4.78 is 1.09. The molecular weight excluding hydrogens is 288 g/mol. The van der Waals surface area contributed by atoms with Crippen LogP contribution in [0.2, 0.25) is 0 Å².